The second-order valence-electron chi connectivity index (χ2n) is 5.89. The van der Waals surface area contributed by atoms with E-state index in [0.717, 1.165) is 50.1 Å². The molecule has 1 aliphatic carbocycles. The molecular weight excluding hydrogens is 284 g/mol. The van der Waals surface area contributed by atoms with Crippen LogP contribution in [0.1, 0.15) is 46.3 Å². The average molecular weight is 306 g/mol. The van der Waals surface area contributed by atoms with E-state index >= 15 is 0 Å². The van der Waals surface area contributed by atoms with Crippen molar-refractivity contribution in [3.8, 4) is 0 Å². The molecule has 1 saturated heterocycles. The maximum Gasteiger partial charge on any atom is 0.263 e. The van der Waals surface area contributed by atoms with E-state index in [1.807, 2.05) is 17.9 Å². The molecule has 5 heteroatoms. The number of rotatable bonds is 3. The van der Waals surface area contributed by atoms with Gasteiger partial charge in [0.25, 0.3) is 5.91 Å². The number of nitrogens with one attached hydrogen (secondary N) is 1. The first-order chi connectivity index (χ1) is 10.2. The zero-order valence-corrected chi connectivity index (χ0v) is 13.3. The van der Waals surface area contributed by atoms with E-state index in [4.69, 9.17) is 0 Å². The molecule has 1 fully saturated rings. The Hall–Kier alpha value is -1.36. The van der Waals surface area contributed by atoms with Gasteiger partial charge in [-0.2, -0.15) is 0 Å². The van der Waals surface area contributed by atoms with Gasteiger partial charge in [0.05, 0.1) is 4.88 Å². The van der Waals surface area contributed by atoms with Gasteiger partial charge in [0.1, 0.15) is 0 Å². The van der Waals surface area contributed by atoms with Crippen molar-refractivity contribution < 1.29 is 9.59 Å². The maximum absolute atomic E-state index is 12.4. The molecule has 2 heterocycles. The molecule has 0 aromatic carbocycles. The largest absolute Gasteiger partial charge is 0.356 e. The molecule has 0 bridgehead atoms. The molecule has 1 aliphatic heterocycles. The third kappa shape index (κ3) is 2.98. The summed E-state index contributed by atoms with van der Waals surface area (Å²) in [4.78, 5) is 28.5. The fourth-order valence-corrected chi connectivity index (χ4v) is 4.42. The summed E-state index contributed by atoms with van der Waals surface area (Å²) >= 11 is 1.63. The summed E-state index contributed by atoms with van der Waals surface area (Å²) in [7, 11) is 0. The van der Waals surface area contributed by atoms with Crippen LogP contribution < -0.4 is 5.32 Å². The summed E-state index contributed by atoms with van der Waals surface area (Å²) < 4.78 is 0. The number of carbonyl (C=O) groups excluding carboxylic acids is 2. The van der Waals surface area contributed by atoms with Crippen LogP contribution in [-0.2, 0) is 17.6 Å². The van der Waals surface area contributed by atoms with E-state index in [0.29, 0.717) is 6.54 Å². The molecule has 0 saturated carbocycles. The number of hydrogen-bond acceptors (Lipinski definition) is 3. The van der Waals surface area contributed by atoms with Crippen molar-refractivity contribution in [1.82, 2.24) is 10.2 Å². The Morgan fingerprint density at radius 3 is 2.86 bits per heavy atom. The highest BCUT2D eigenvalue weighted by Gasteiger charge is 2.28. The van der Waals surface area contributed by atoms with Gasteiger partial charge in [-0.25, -0.2) is 0 Å². The normalized spacial score (nSPS) is 21.2. The molecule has 4 nitrogen and oxygen atoms in total. The molecule has 21 heavy (non-hydrogen) atoms. The summed E-state index contributed by atoms with van der Waals surface area (Å²) in [6.07, 6.45) is 4.85. The first-order valence-corrected chi connectivity index (χ1v) is 8.69. The fraction of sp³-hybridized carbons (Fsp3) is 0.625. The second kappa shape index (κ2) is 6.18. The highest BCUT2D eigenvalue weighted by atomic mass is 32.1. The molecular formula is C16H22N2O2S. The van der Waals surface area contributed by atoms with Gasteiger partial charge in [0.15, 0.2) is 0 Å². The Morgan fingerprint density at radius 1 is 1.38 bits per heavy atom. The minimum atomic E-state index is 0.0711. The number of nitrogens with zero attached hydrogens (tertiary/aromatic N) is 1. The van der Waals surface area contributed by atoms with Crippen LogP contribution >= 0.6 is 11.3 Å². The number of fused-ring (bicyclic) bond motifs is 1. The van der Waals surface area contributed by atoms with Gasteiger partial charge in [0.2, 0.25) is 5.91 Å². The summed E-state index contributed by atoms with van der Waals surface area (Å²) in [5, 5.41) is 2.91. The SMILES string of the molecule is CCNC(=O)C1CCc2sc(C(=O)N3CCCC3)cc2C1. The third-order valence-corrected chi connectivity index (χ3v) is 5.63. The minimum absolute atomic E-state index is 0.0711. The molecule has 1 aromatic rings. The summed E-state index contributed by atoms with van der Waals surface area (Å²) in [5.41, 5.74) is 1.21. The Balaban J connectivity index is 1.72. The number of likely N-dealkylation sites (tertiary alicyclic amines) is 1. The summed E-state index contributed by atoms with van der Waals surface area (Å²) in [6, 6.07) is 2.03. The van der Waals surface area contributed by atoms with E-state index in [2.05, 4.69) is 5.32 Å². The Labute approximate surface area is 129 Å². The molecule has 0 spiro atoms. The molecule has 2 amide bonds. The third-order valence-electron chi connectivity index (χ3n) is 4.41. The van der Waals surface area contributed by atoms with E-state index in [9.17, 15) is 9.59 Å². The van der Waals surface area contributed by atoms with E-state index in [1.165, 1.54) is 10.4 Å². The van der Waals surface area contributed by atoms with E-state index in [1.54, 1.807) is 11.3 Å². The molecule has 114 valence electrons. The average Bonchev–Trinajstić information content (AvgIpc) is 3.15. The molecule has 3 rings (SSSR count). The standard InChI is InChI=1S/C16H22N2O2S/c1-2-17-15(19)11-5-6-13-12(9-11)10-14(21-13)16(20)18-7-3-4-8-18/h10-11H,2-9H2,1H3,(H,17,19). The fourth-order valence-electron chi connectivity index (χ4n) is 3.25. The molecule has 1 N–H and O–H groups in total. The maximum atomic E-state index is 12.4. The van der Waals surface area contributed by atoms with E-state index in [-0.39, 0.29) is 17.7 Å². The van der Waals surface area contributed by atoms with Crippen LogP contribution in [0.3, 0.4) is 0 Å². The van der Waals surface area contributed by atoms with Crippen LogP contribution in [0.5, 0.6) is 0 Å². The Kier molecular flexibility index (Phi) is 4.29. The lowest BCUT2D eigenvalue weighted by Crippen LogP contribution is -2.33. The van der Waals surface area contributed by atoms with Crippen molar-refractivity contribution in [1.29, 1.82) is 0 Å². The number of hydrogen-bond donors (Lipinski definition) is 1. The predicted molar refractivity (Wildman–Crippen MR) is 83.7 cm³/mol. The molecule has 1 atom stereocenters. The summed E-state index contributed by atoms with van der Waals surface area (Å²) in [6.45, 7) is 4.42. The topological polar surface area (TPSA) is 49.4 Å². The van der Waals surface area contributed by atoms with Crippen LogP contribution in [0.2, 0.25) is 0 Å². The van der Waals surface area contributed by atoms with Gasteiger partial charge >= 0.3 is 0 Å². The Bertz CT molecular complexity index is 546. The molecule has 2 aliphatic rings. The monoisotopic (exact) mass is 306 g/mol. The van der Waals surface area contributed by atoms with E-state index < -0.39 is 0 Å². The van der Waals surface area contributed by atoms with Gasteiger partial charge in [-0.05, 0) is 50.7 Å². The van der Waals surface area contributed by atoms with Crippen LogP contribution in [-0.4, -0.2) is 36.3 Å². The van der Waals surface area contributed by atoms with Gasteiger partial charge in [-0.1, -0.05) is 0 Å². The van der Waals surface area contributed by atoms with Crippen LogP contribution in [0.4, 0.5) is 0 Å². The van der Waals surface area contributed by atoms with Crippen molar-refractivity contribution in [3.05, 3.63) is 21.4 Å². The van der Waals surface area contributed by atoms with Crippen molar-refractivity contribution in [2.24, 2.45) is 5.92 Å². The first kappa shape index (κ1) is 14.6. The quantitative estimate of drug-likeness (QED) is 0.931. The zero-order valence-electron chi connectivity index (χ0n) is 12.5. The minimum Gasteiger partial charge on any atom is -0.356 e. The van der Waals surface area contributed by atoms with Gasteiger partial charge in [-0.3, -0.25) is 9.59 Å². The van der Waals surface area contributed by atoms with Crippen LogP contribution in [0.15, 0.2) is 6.07 Å². The molecule has 0 radical (unpaired) electrons. The van der Waals surface area contributed by atoms with Crippen LogP contribution in [0.25, 0.3) is 0 Å². The number of amides is 2. The smallest absolute Gasteiger partial charge is 0.263 e. The second-order valence-corrected chi connectivity index (χ2v) is 7.03. The lowest BCUT2D eigenvalue weighted by atomic mass is 9.88. The van der Waals surface area contributed by atoms with Crippen molar-refractivity contribution in [2.45, 2.75) is 39.0 Å². The van der Waals surface area contributed by atoms with Gasteiger partial charge in [-0.15, -0.1) is 11.3 Å². The molecule has 1 unspecified atom stereocenters. The lowest BCUT2D eigenvalue weighted by Gasteiger charge is -2.20. The highest BCUT2D eigenvalue weighted by Crippen LogP contribution is 2.33. The molecule has 1 aromatic heterocycles. The Morgan fingerprint density at radius 2 is 2.14 bits per heavy atom. The van der Waals surface area contributed by atoms with Gasteiger partial charge < -0.3 is 10.2 Å². The van der Waals surface area contributed by atoms with Crippen molar-refractivity contribution >= 4 is 23.2 Å². The zero-order chi connectivity index (χ0) is 14.8. The highest BCUT2D eigenvalue weighted by molar-refractivity contribution is 7.14. The summed E-state index contributed by atoms with van der Waals surface area (Å²) in [5.74, 6) is 0.407. The van der Waals surface area contributed by atoms with Crippen molar-refractivity contribution in [3.63, 3.8) is 0 Å². The van der Waals surface area contributed by atoms with Crippen molar-refractivity contribution in [2.75, 3.05) is 19.6 Å². The number of aryl methyl sites for hydroxylation is 1. The number of thiophene rings is 1. The predicted octanol–water partition coefficient (Wildman–Crippen LogP) is 2.23. The first-order valence-electron chi connectivity index (χ1n) is 7.87. The lowest BCUT2D eigenvalue weighted by molar-refractivity contribution is -0.125. The van der Waals surface area contributed by atoms with Crippen LogP contribution in [0, 0.1) is 5.92 Å². The van der Waals surface area contributed by atoms with Gasteiger partial charge in [0, 0.05) is 30.4 Å². The number of carbonyl (C=O) groups is 2.